The zero-order valence-corrected chi connectivity index (χ0v) is 14.1. The molecule has 3 aromatic rings. The lowest BCUT2D eigenvalue weighted by atomic mass is 10.0. The minimum Gasteiger partial charge on any atom is -0.478 e. The summed E-state index contributed by atoms with van der Waals surface area (Å²) in [6.07, 6.45) is 3.49. The Bertz CT molecular complexity index is 1000. The molecule has 3 rings (SSSR count). The maximum Gasteiger partial charge on any atom is 0.335 e. The largest absolute Gasteiger partial charge is 0.478 e. The molecule has 25 heavy (non-hydrogen) atoms. The molecule has 0 aliphatic rings. The number of aromatic nitrogens is 4. The van der Waals surface area contributed by atoms with Crippen LogP contribution in [-0.4, -0.2) is 30.8 Å². The second-order valence-corrected chi connectivity index (χ2v) is 5.98. The van der Waals surface area contributed by atoms with Crippen LogP contribution >= 0.6 is 0 Å². The van der Waals surface area contributed by atoms with E-state index < -0.39 is 5.97 Å². The second kappa shape index (κ2) is 6.35. The van der Waals surface area contributed by atoms with Gasteiger partial charge in [-0.25, -0.2) is 9.78 Å². The minimum atomic E-state index is -0.936. The lowest BCUT2D eigenvalue weighted by Crippen LogP contribution is -2.09. The van der Waals surface area contributed by atoms with Gasteiger partial charge in [0.15, 0.2) is 0 Å². The molecule has 1 atom stereocenters. The molecular formula is C18H18N4O3. The van der Waals surface area contributed by atoms with Gasteiger partial charge in [0.1, 0.15) is 5.82 Å². The molecule has 2 heterocycles. The molecule has 0 spiro atoms. The number of aromatic carboxylic acids is 1. The van der Waals surface area contributed by atoms with Crippen molar-refractivity contribution in [2.75, 3.05) is 0 Å². The van der Waals surface area contributed by atoms with Crippen molar-refractivity contribution in [3.05, 3.63) is 69.5 Å². The van der Waals surface area contributed by atoms with Crippen molar-refractivity contribution in [1.82, 2.24) is 19.7 Å². The molecule has 128 valence electrons. The predicted octanol–water partition coefficient (Wildman–Crippen LogP) is 2.56. The molecule has 0 amide bonds. The summed E-state index contributed by atoms with van der Waals surface area (Å²) in [5.41, 5.74) is 3.06. The van der Waals surface area contributed by atoms with Gasteiger partial charge >= 0.3 is 5.97 Å². The number of carbonyl (C=O) groups is 1. The summed E-state index contributed by atoms with van der Waals surface area (Å²) in [4.78, 5) is 29.7. The van der Waals surface area contributed by atoms with Crippen LogP contribution in [0.2, 0.25) is 0 Å². The molecule has 0 saturated heterocycles. The molecule has 2 aromatic heterocycles. The van der Waals surface area contributed by atoms with Crippen molar-refractivity contribution in [1.29, 1.82) is 0 Å². The number of nitrogens with one attached hydrogen (secondary N) is 1. The van der Waals surface area contributed by atoms with E-state index in [1.165, 1.54) is 6.07 Å². The Morgan fingerprint density at radius 2 is 2.04 bits per heavy atom. The molecule has 0 aliphatic heterocycles. The Kier molecular flexibility index (Phi) is 4.22. The van der Waals surface area contributed by atoms with Gasteiger partial charge in [-0.3, -0.25) is 9.48 Å². The van der Waals surface area contributed by atoms with Crippen molar-refractivity contribution in [3.8, 4) is 11.3 Å². The number of benzene rings is 1. The van der Waals surface area contributed by atoms with Gasteiger partial charge in [0.25, 0.3) is 5.56 Å². The molecule has 0 radical (unpaired) electrons. The lowest BCUT2D eigenvalue weighted by molar-refractivity contribution is 0.0696. The first kappa shape index (κ1) is 16.6. The summed E-state index contributed by atoms with van der Waals surface area (Å²) in [5, 5.41) is 13.5. The van der Waals surface area contributed by atoms with Gasteiger partial charge in [-0.05, 0) is 38.0 Å². The van der Waals surface area contributed by atoms with Crippen LogP contribution in [0.15, 0.2) is 41.5 Å². The van der Waals surface area contributed by atoms with Gasteiger partial charge < -0.3 is 10.1 Å². The zero-order chi connectivity index (χ0) is 18.1. The molecule has 0 bridgehead atoms. The monoisotopic (exact) mass is 338 g/mol. The normalized spacial score (nSPS) is 12.1. The van der Waals surface area contributed by atoms with Crippen molar-refractivity contribution < 1.29 is 9.90 Å². The first-order chi connectivity index (χ1) is 11.8. The van der Waals surface area contributed by atoms with Gasteiger partial charge in [-0.1, -0.05) is 12.1 Å². The molecule has 7 nitrogen and oxygen atoms in total. The average molecular weight is 338 g/mol. The third-order valence-electron chi connectivity index (χ3n) is 4.12. The number of carboxylic acid groups (broad SMARTS) is 1. The summed E-state index contributed by atoms with van der Waals surface area (Å²) in [5.74, 6) is -0.392. The Balaban J connectivity index is 1.93. The van der Waals surface area contributed by atoms with Gasteiger partial charge in [-0.15, -0.1) is 0 Å². The van der Waals surface area contributed by atoms with Crippen LogP contribution in [0.3, 0.4) is 0 Å². The fraction of sp³-hybridized carbons (Fsp3) is 0.222. The second-order valence-electron chi connectivity index (χ2n) is 5.98. The highest BCUT2D eigenvalue weighted by Gasteiger charge is 2.14. The summed E-state index contributed by atoms with van der Waals surface area (Å²) >= 11 is 0. The highest BCUT2D eigenvalue weighted by atomic mass is 16.4. The standard InChI is InChI=1S/C18H18N4O3/c1-10-6-13(4-5-15(10)18(24)25)11(2)22-9-14(8-19-22)16-7-17(23)21-12(3)20-16/h4-9,11H,1-3H3,(H,24,25)(H,20,21,23). The Morgan fingerprint density at radius 1 is 1.28 bits per heavy atom. The van der Waals surface area contributed by atoms with E-state index in [1.807, 2.05) is 19.2 Å². The average Bonchev–Trinajstić information content (AvgIpc) is 3.02. The molecule has 0 fully saturated rings. The summed E-state index contributed by atoms with van der Waals surface area (Å²) in [6.45, 7) is 5.48. The zero-order valence-electron chi connectivity index (χ0n) is 14.1. The minimum absolute atomic E-state index is 0.0848. The van der Waals surface area contributed by atoms with Crippen LogP contribution in [0.25, 0.3) is 11.3 Å². The smallest absolute Gasteiger partial charge is 0.335 e. The van der Waals surface area contributed by atoms with Crippen molar-refractivity contribution in [3.63, 3.8) is 0 Å². The van der Waals surface area contributed by atoms with Crippen LogP contribution in [-0.2, 0) is 0 Å². The predicted molar refractivity (Wildman–Crippen MR) is 92.8 cm³/mol. The molecule has 2 N–H and O–H groups in total. The van der Waals surface area contributed by atoms with Crippen LogP contribution in [0.1, 0.15) is 40.3 Å². The molecule has 0 aliphatic carbocycles. The van der Waals surface area contributed by atoms with Crippen LogP contribution < -0.4 is 5.56 Å². The maximum atomic E-state index is 11.6. The van der Waals surface area contributed by atoms with E-state index in [2.05, 4.69) is 15.1 Å². The van der Waals surface area contributed by atoms with Crippen molar-refractivity contribution in [2.24, 2.45) is 0 Å². The number of nitrogens with zero attached hydrogens (tertiary/aromatic N) is 3. The van der Waals surface area contributed by atoms with Crippen LogP contribution in [0, 0.1) is 13.8 Å². The molecule has 0 saturated carbocycles. The molecular weight excluding hydrogens is 320 g/mol. The first-order valence-electron chi connectivity index (χ1n) is 7.81. The molecule has 1 aromatic carbocycles. The summed E-state index contributed by atoms with van der Waals surface area (Å²) < 4.78 is 1.77. The van der Waals surface area contributed by atoms with Crippen LogP contribution in [0.5, 0.6) is 0 Å². The highest BCUT2D eigenvalue weighted by molar-refractivity contribution is 5.89. The summed E-state index contributed by atoms with van der Waals surface area (Å²) in [7, 11) is 0. The number of hydrogen-bond donors (Lipinski definition) is 2. The van der Waals surface area contributed by atoms with Gasteiger partial charge in [0.05, 0.1) is 23.5 Å². The molecule has 7 heteroatoms. The van der Waals surface area contributed by atoms with E-state index in [1.54, 1.807) is 36.9 Å². The SMILES string of the molecule is Cc1nc(-c2cnn(C(C)c3ccc(C(=O)O)c(C)c3)c2)cc(=O)[nH]1. The number of rotatable bonds is 4. The number of hydrogen-bond acceptors (Lipinski definition) is 4. The fourth-order valence-electron chi connectivity index (χ4n) is 2.75. The van der Waals surface area contributed by atoms with Gasteiger partial charge in [-0.2, -0.15) is 5.10 Å². The summed E-state index contributed by atoms with van der Waals surface area (Å²) in [6, 6.07) is 6.60. The van der Waals surface area contributed by atoms with Gasteiger partial charge in [0.2, 0.25) is 0 Å². The van der Waals surface area contributed by atoms with E-state index in [0.717, 1.165) is 11.1 Å². The van der Waals surface area contributed by atoms with E-state index in [0.29, 0.717) is 22.6 Å². The van der Waals surface area contributed by atoms with E-state index in [9.17, 15) is 9.59 Å². The van der Waals surface area contributed by atoms with Crippen LogP contribution in [0.4, 0.5) is 0 Å². The number of H-pyrrole nitrogens is 1. The third kappa shape index (κ3) is 3.35. The maximum absolute atomic E-state index is 11.6. The fourth-order valence-corrected chi connectivity index (χ4v) is 2.75. The van der Waals surface area contributed by atoms with Gasteiger partial charge in [0, 0.05) is 17.8 Å². The Labute approximate surface area is 144 Å². The Hall–Kier alpha value is -3.22. The topological polar surface area (TPSA) is 101 Å². The Morgan fingerprint density at radius 3 is 2.68 bits per heavy atom. The number of aryl methyl sites for hydroxylation is 2. The van der Waals surface area contributed by atoms with Crippen molar-refractivity contribution >= 4 is 5.97 Å². The van der Waals surface area contributed by atoms with E-state index >= 15 is 0 Å². The number of aromatic amines is 1. The first-order valence-corrected chi connectivity index (χ1v) is 7.81. The molecule has 1 unspecified atom stereocenters. The number of carboxylic acids is 1. The van der Waals surface area contributed by atoms with Crippen molar-refractivity contribution in [2.45, 2.75) is 26.8 Å². The van der Waals surface area contributed by atoms with E-state index in [-0.39, 0.29) is 11.6 Å². The third-order valence-corrected chi connectivity index (χ3v) is 4.12. The quantitative estimate of drug-likeness (QED) is 0.761. The van der Waals surface area contributed by atoms with E-state index in [4.69, 9.17) is 5.11 Å². The lowest BCUT2D eigenvalue weighted by Gasteiger charge is -2.14. The highest BCUT2D eigenvalue weighted by Crippen LogP contribution is 2.23.